The van der Waals surface area contributed by atoms with Crippen molar-refractivity contribution in [2.45, 2.75) is 45.5 Å². The molecule has 0 radical (unpaired) electrons. The molecular formula is C16H23F5IN3O. The molecule has 10 heteroatoms. The second kappa shape index (κ2) is 12.1. The summed E-state index contributed by atoms with van der Waals surface area (Å²) in [4.78, 5) is 3.95. The van der Waals surface area contributed by atoms with Gasteiger partial charge in [0.15, 0.2) is 5.96 Å². The van der Waals surface area contributed by atoms with Gasteiger partial charge in [0.2, 0.25) is 0 Å². The van der Waals surface area contributed by atoms with E-state index in [0.29, 0.717) is 24.5 Å². The number of hydrogen-bond acceptors (Lipinski definition) is 2. The van der Waals surface area contributed by atoms with E-state index in [2.05, 4.69) is 20.4 Å². The van der Waals surface area contributed by atoms with Crippen molar-refractivity contribution in [3.8, 4) is 5.75 Å². The van der Waals surface area contributed by atoms with Gasteiger partial charge >= 0.3 is 12.8 Å². The van der Waals surface area contributed by atoms with E-state index in [-0.39, 0.29) is 42.7 Å². The molecule has 1 rings (SSSR count). The molecular weight excluding hydrogens is 472 g/mol. The van der Waals surface area contributed by atoms with Gasteiger partial charge in [-0.2, -0.15) is 22.0 Å². The van der Waals surface area contributed by atoms with Gasteiger partial charge in [-0.3, -0.25) is 4.99 Å². The van der Waals surface area contributed by atoms with E-state index in [1.165, 1.54) is 13.1 Å². The van der Waals surface area contributed by atoms with Gasteiger partial charge in [0, 0.05) is 32.1 Å². The summed E-state index contributed by atoms with van der Waals surface area (Å²) in [6.07, 6.45) is -4.60. The first-order valence-corrected chi connectivity index (χ1v) is 7.77. The quantitative estimate of drug-likeness (QED) is 0.182. The molecule has 2 N–H and O–H groups in total. The first kappa shape index (κ1) is 24.7. The standard InChI is InChI=1S/C16H22F5N3O.HI/c1-11-5-6-13(25-14(17)18)12(9-11)10-24-15(22-2)23-8-4-3-7-16(19,20)21;/h5-6,9,14H,3-4,7-8,10H2,1-2H3,(H2,22,23,24);1H. The molecule has 26 heavy (non-hydrogen) atoms. The Labute approximate surface area is 166 Å². The number of nitrogens with zero attached hydrogens (tertiary/aromatic N) is 1. The molecule has 0 aliphatic rings. The Kier molecular flexibility index (Phi) is 11.5. The van der Waals surface area contributed by atoms with Crippen molar-refractivity contribution < 1.29 is 26.7 Å². The molecule has 0 saturated carbocycles. The van der Waals surface area contributed by atoms with Crippen molar-refractivity contribution in [3.05, 3.63) is 29.3 Å². The van der Waals surface area contributed by atoms with Crippen molar-refractivity contribution in [1.29, 1.82) is 0 Å². The summed E-state index contributed by atoms with van der Waals surface area (Å²) in [7, 11) is 1.51. The average molecular weight is 495 g/mol. The zero-order chi connectivity index (χ0) is 18.9. The topological polar surface area (TPSA) is 45.7 Å². The van der Waals surface area contributed by atoms with E-state index in [9.17, 15) is 22.0 Å². The highest BCUT2D eigenvalue weighted by Crippen LogP contribution is 2.22. The van der Waals surface area contributed by atoms with Gasteiger partial charge in [0.25, 0.3) is 0 Å². The Morgan fingerprint density at radius 2 is 1.88 bits per heavy atom. The van der Waals surface area contributed by atoms with Crippen molar-refractivity contribution in [1.82, 2.24) is 10.6 Å². The fraction of sp³-hybridized carbons (Fsp3) is 0.562. The van der Waals surface area contributed by atoms with E-state index in [0.717, 1.165) is 5.56 Å². The minimum atomic E-state index is -4.15. The monoisotopic (exact) mass is 495 g/mol. The molecule has 0 fully saturated rings. The highest BCUT2D eigenvalue weighted by molar-refractivity contribution is 14.0. The molecule has 1 aromatic rings. The SMILES string of the molecule is CN=C(NCCCCC(F)(F)F)NCc1cc(C)ccc1OC(F)F.I. The van der Waals surface area contributed by atoms with E-state index < -0.39 is 19.2 Å². The van der Waals surface area contributed by atoms with E-state index in [4.69, 9.17) is 0 Å². The van der Waals surface area contributed by atoms with E-state index in [1.807, 2.05) is 6.92 Å². The van der Waals surface area contributed by atoms with Crippen LogP contribution in [0.5, 0.6) is 5.75 Å². The minimum absolute atomic E-state index is 0. The molecule has 0 aliphatic carbocycles. The number of aliphatic imine (C=N–C) groups is 1. The summed E-state index contributed by atoms with van der Waals surface area (Å²) in [6, 6.07) is 4.84. The molecule has 0 atom stereocenters. The Balaban J connectivity index is 0.00000625. The van der Waals surface area contributed by atoms with Gasteiger partial charge in [-0.1, -0.05) is 17.7 Å². The van der Waals surface area contributed by atoms with Crippen LogP contribution in [0.25, 0.3) is 0 Å². The number of unbranched alkanes of at least 4 members (excludes halogenated alkanes) is 1. The Bertz CT molecular complexity index is 567. The molecule has 0 saturated heterocycles. The van der Waals surface area contributed by atoms with Crippen LogP contribution in [0.2, 0.25) is 0 Å². The zero-order valence-corrected chi connectivity index (χ0v) is 16.8. The lowest BCUT2D eigenvalue weighted by Gasteiger charge is -2.15. The molecule has 0 amide bonds. The minimum Gasteiger partial charge on any atom is -0.434 e. The van der Waals surface area contributed by atoms with Crippen molar-refractivity contribution in [2.24, 2.45) is 4.99 Å². The lowest BCUT2D eigenvalue weighted by Crippen LogP contribution is -2.37. The van der Waals surface area contributed by atoms with Crippen LogP contribution in [0, 0.1) is 6.92 Å². The summed E-state index contributed by atoms with van der Waals surface area (Å²) in [6.45, 7) is -0.591. The third-order valence-electron chi connectivity index (χ3n) is 3.28. The summed E-state index contributed by atoms with van der Waals surface area (Å²) in [5.74, 6) is 0.435. The fourth-order valence-corrected chi connectivity index (χ4v) is 2.11. The highest BCUT2D eigenvalue weighted by Gasteiger charge is 2.25. The number of alkyl halides is 5. The fourth-order valence-electron chi connectivity index (χ4n) is 2.11. The van der Waals surface area contributed by atoms with Gasteiger partial charge in [0.1, 0.15) is 5.75 Å². The molecule has 4 nitrogen and oxygen atoms in total. The van der Waals surface area contributed by atoms with E-state index >= 15 is 0 Å². The largest absolute Gasteiger partial charge is 0.434 e. The summed E-state index contributed by atoms with van der Waals surface area (Å²) >= 11 is 0. The normalized spacial score (nSPS) is 11.9. The number of halogens is 6. The number of rotatable bonds is 8. The lowest BCUT2D eigenvalue weighted by molar-refractivity contribution is -0.135. The van der Waals surface area contributed by atoms with Crippen LogP contribution in [0.3, 0.4) is 0 Å². The lowest BCUT2D eigenvalue weighted by atomic mass is 10.1. The second-order valence-corrected chi connectivity index (χ2v) is 5.41. The molecule has 0 heterocycles. The average Bonchev–Trinajstić information content (AvgIpc) is 2.50. The molecule has 1 aromatic carbocycles. The highest BCUT2D eigenvalue weighted by atomic mass is 127. The van der Waals surface area contributed by atoms with Crippen LogP contribution in [-0.4, -0.2) is 32.3 Å². The number of ether oxygens (including phenoxy) is 1. The van der Waals surface area contributed by atoms with Gasteiger partial charge in [0.05, 0.1) is 0 Å². The number of nitrogens with one attached hydrogen (secondary N) is 2. The predicted molar refractivity (Wildman–Crippen MR) is 101 cm³/mol. The maximum Gasteiger partial charge on any atom is 0.389 e. The number of aryl methyl sites for hydroxylation is 1. The molecule has 0 bridgehead atoms. The summed E-state index contributed by atoms with van der Waals surface area (Å²) in [5.41, 5.74) is 1.41. The zero-order valence-electron chi connectivity index (χ0n) is 14.5. The third kappa shape index (κ3) is 10.6. The van der Waals surface area contributed by atoms with E-state index in [1.54, 1.807) is 12.1 Å². The van der Waals surface area contributed by atoms with Crippen molar-refractivity contribution in [2.75, 3.05) is 13.6 Å². The number of guanidine groups is 1. The van der Waals surface area contributed by atoms with Crippen LogP contribution >= 0.6 is 24.0 Å². The molecule has 0 aliphatic heterocycles. The molecule has 0 unspecified atom stereocenters. The maximum atomic E-state index is 12.4. The smallest absolute Gasteiger partial charge is 0.389 e. The second-order valence-electron chi connectivity index (χ2n) is 5.41. The molecule has 0 aromatic heterocycles. The van der Waals surface area contributed by atoms with Crippen LogP contribution in [0.1, 0.15) is 30.4 Å². The number of benzene rings is 1. The van der Waals surface area contributed by atoms with Crippen LogP contribution in [0.4, 0.5) is 22.0 Å². The van der Waals surface area contributed by atoms with Gasteiger partial charge < -0.3 is 15.4 Å². The van der Waals surface area contributed by atoms with Crippen LogP contribution in [0.15, 0.2) is 23.2 Å². The third-order valence-corrected chi connectivity index (χ3v) is 3.28. The first-order valence-electron chi connectivity index (χ1n) is 7.77. The van der Waals surface area contributed by atoms with Gasteiger partial charge in [-0.25, -0.2) is 0 Å². The predicted octanol–water partition coefficient (Wildman–Crippen LogP) is 4.61. The van der Waals surface area contributed by atoms with Crippen molar-refractivity contribution in [3.63, 3.8) is 0 Å². The van der Waals surface area contributed by atoms with Crippen LogP contribution in [-0.2, 0) is 6.54 Å². The van der Waals surface area contributed by atoms with Crippen LogP contribution < -0.4 is 15.4 Å². The Morgan fingerprint density at radius 1 is 1.19 bits per heavy atom. The Hall–Kier alpha value is -1.33. The first-order chi connectivity index (χ1) is 11.7. The maximum absolute atomic E-state index is 12.4. The molecule has 150 valence electrons. The van der Waals surface area contributed by atoms with Gasteiger partial charge in [-0.05, 0) is 25.8 Å². The van der Waals surface area contributed by atoms with Crippen molar-refractivity contribution >= 4 is 29.9 Å². The summed E-state index contributed by atoms with van der Waals surface area (Å²) < 4.78 is 65.5. The molecule has 0 spiro atoms. The number of hydrogen-bond donors (Lipinski definition) is 2. The summed E-state index contributed by atoms with van der Waals surface area (Å²) in [5, 5.41) is 5.81. The van der Waals surface area contributed by atoms with Gasteiger partial charge in [-0.15, -0.1) is 24.0 Å². The Morgan fingerprint density at radius 3 is 2.46 bits per heavy atom.